The van der Waals surface area contributed by atoms with E-state index in [0.717, 1.165) is 37.0 Å². The highest BCUT2D eigenvalue weighted by molar-refractivity contribution is 5.91. The Kier molecular flexibility index (Phi) is 5.46. The van der Waals surface area contributed by atoms with Crippen LogP contribution in [0.15, 0.2) is 61.1 Å². The highest BCUT2D eigenvalue weighted by Gasteiger charge is 2.63. The smallest absolute Gasteiger partial charge is 0.433 e. The van der Waals surface area contributed by atoms with Gasteiger partial charge in [0.15, 0.2) is 0 Å². The summed E-state index contributed by atoms with van der Waals surface area (Å²) in [6.45, 7) is 0. The Hall–Kier alpha value is -3.95. The third kappa shape index (κ3) is 4.68. The number of benzene rings is 1. The van der Waals surface area contributed by atoms with Gasteiger partial charge in [0.1, 0.15) is 23.3 Å². The lowest BCUT2D eigenvalue weighted by atomic mass is 9.68. The molecule has 10 heteroatoms. The second-order valence-electron chi connectivity index (χ2n) is 9.00. The number of pyridine rings is 1. The van der Waals surface area contributed by atoms with Crippen LogP contribution in [0.25, 0.3) is 16.9 Å². The van der Waals surface area contributed by atoms with E-state index in [1.54, 1.807) is 0 Å². The summed E-state index contributed by atoms with van der Waals surface area (Å²) in [6.07, 6.45) is 3.30. The molecule has 1 aromatic carbocycles. The van der Waals surface area contributed by atoms with Crippen LogP contribution in [0.4, 0.5) is 13.2 Å². The fourth-order valence-electron chi connectivity index (χ4n) is 4.61. The van der Waals surface area contributed by atoms with Crippen molar-refractivity contribution < 1.29 is 27.8 Å². The Balaban J connectivity index is 1.15. The average Bonchev–Trinajstić information content (AvgIpc) is 3.52. The zero-order valence-corrected chi connectivity index (χ0v) is 18.4. The lowest BCUT2D eigenvalue weighted by Gasteiger charge is -2.37. The number of aliphatic hydroxyl groups is 1. The van der Waals surface area contributed by atoms with Crippen molar-refractivity contribution in [3.63, 3.8) is 0 Å². The quantitative estimate of drug-likeness (QED) is 0.391. The van der Waals surface area contributed by atoms with E-state index in [9.17, 15) is 23.1 Å². The number of carbonyl (C=O) groups is 1. The summed E-state index contributed by atoms with van der Waals surface area (Å²) in [5.74, 6) is -0.398. The molecule has 2 aliphatic carbocycles. The van der Waals surface area contributed by atoms with E-state index in [1.165, 1.54) is 30.2 Å². The number of ether oxygens (including phenoxy) is 1. The van der Waals surface area contributed by atoms with Gasteiger partial charge in [-0.05, 0) is 42.4 Å². The highest BCUT2D eigenvalue weighted by atomic mass is 19.4. The van der Waals surface area contributed by atoms with E-state index in [0.29, 0.717) is 17.4 Å². The number of amides is 1. The molecule has 3 aromatic rings. The van der Waals surface area contributed by atoms with Gasteiger partial charge in [0.05, 0.1) is 12.4 Å². The molecule has 0 saturated heterocycles. The minimum Gasteiger partial charge on any atom is -0.505 e. The van der Waals surface area contributed by atoms with E-state index in [2.05, 4.69) is 15.0 Å². The molecule has 180 valence electrons. The van der Waals surface area contributed by atoms with Gasteiger partial charge in [-0.25, -0.2) is 9.97 Å². The van der Waals surface area contributed by atoms with Crippen LogP contribution in [0.2, 0.25) is 0 Å². The molecule has 2 aromatic heterocycles. The molecule has 1 spiro atoms. The van der Waals surface area contributed by atoms with Crippen molar-refractivity contribution in [2.45, 2.75) is 37.5 Å². The molecule has 2 saturated carbocycles. The van der Waals surface area contributed by atoms with Crippen LogP contribution >= 0.6 is 0 Å². The van der Waals surface area contributed by atoms with Crippen molar-refractivity contribution >= 4 is 11.7 Å². The SMILES string of the molecule is NC(=O)/C=C(\O)c1cnc(OC2CC23CC(c2ccc(-c4ccc(C(F)(F)F)nc4)cc2)C3)cn1. The molecular weight excluding hydrogens is 461 g/mol. The molecule has 7 nitrogen and oxygen atoms in total. The number of hydrogen-bond donors (Lipinski definition) is 2. The number of aromatic nitrogens is 3. The number of nitrogens with zero attached hydrogens (tertiary/aromatic N) is 3. The molecule has 5 rings (SSSR count). The van der Waals surface area contributed by atoms with Gasteiger partial charge < -0.3 is 15.6 Å². The number of primary amides is 1. The summed E-state index contributed by atoms with van der Waals surface area (Å²) < 4.78 is 44.1. The normalized spacial score (nSPS) is 23.6. The zero-order chi connectivity index (χ0) is 24.8. The molecular formula is C25H21F3N4O3. The monoisotopic (exact) mass is 482 g/mol. The van der Waals surface area contributed by atoms with Gasteiger partial charge in [0, 0.05) is 23.3 Å². The van der Waals surface area contributed by atoms with Gasteiger partial charge in [-0.15, -0.1) is 0 Å². The van der Waals surface area contributed by atoms with Crippen LogP contribution in [-0.2, 0) is 11.0 Å². The lowest BCUT2D eigenvalue weighted by Crippen LogP contribution is -2.28. The maximum atomic E-state index is 12.7. The molecule has 1 amide bonds. The maximum absolute atomic E-state index is 12.7. The third-order valence-corrected chi connectivity index (χ3v) is 6.62. The fourth-order valence-corrected chi connectivity index (χ4v) is 4.61. The van der Waals surface area contributed by atoms with E-state index >= 15 is 0 Å². The van der Waals surface area contributed by atoms with Gasteiger partial charge in [0.2, 0.25) is 11.8 Å². The number of rotatable bonds is 6. The maximum Gasteiger partial charge on any atom is 0.433 e. The molecule has 3 N–H and O–H groups in total. The fraction of sp³-hybridized carbons (Fsp3) is 0.280. The molecule has 1 atom stereocenters. The molecule has 35 heavy (non-hydrogen) atoms. The van der Waals surface area contributed by atoms with Crippen molar-refractivity contribution in [3.8, 4) is 17.0 Å². The Labute approximate surface area is 198 Å². The molecule has 2 heterocycles. The topological polar surface area (TPSA) is 111 Å². The standard InChI is InChI=1S/C25H21F3N4O3/c26-25(27,28)20-6-5-16(11-31-20)14-1-3-15(4-2-14)17-8-24(9-17)10-21(24)35-23-13-30-18(12-32-23)19(33)7-22(29)34/h1-7,11-13,17,21,33H,8-10H2,(H2,29,34)/b19-7-. The number of nitrogens with two attached hydrogens (primary N) is 1. The first-order valence-corrected chi connectivity index (χ1v) is 11.0. The van der Waals surface area contributed by atoms with Crippen LogP contribution in [0.1, 0.15) is 42.1 Å². The van der Waals surface area contributed by atoms with Crippen molar-refractivity contribution in [2.75, 3.05) is 0 Å². The first-order chi connectivity index (χ1) is 16.6. The van der Waals surface area contributed by atoms with Crippen molar-refractivity contribution in [1.82, 2.24) is 15.0 Å². The minimum absolute atomic E-state index is 0.0474. The first kappa shape index (κ1) is 22.8. The second-order valence-corrected chi connectivity index (χ2v) is 9.00. The predicted octanol–water partition coefficient (Wildman–Crippen LogP) is 4.66. The van der Waals surface area contributed by atoms with Crippen molar-refractivity contribution in [3.05, 3.63) is 78.0 Å². The summed E-state index contributed by atoms with van der Waals surface area (Å²) in [5, 5.41) is 9.74. The third-order valence-electron chi connectivity index (χ3n) is 6.62. The first-order valence-electron chi connectivity index (χ1n) is 11.0. The van der Waals surface area contributed by atoms with E-state index in [4.69, 9.17) is 10.5 Å². The Morgan fingerprint density at radius 3 is 2.29 bits per heavy atom. The van der Waals surface area contributed by atoms with Gasteiger partial charge in [0.25, 0.3) is 0 Å². The molecule has 0 radical (unpaired) electrons. The van der Waals surface area contributed by atoms with Crippen LogP contribution in [0.5, 0.6) is 5.88 Å². The van der Waals surface area contributed by atoms with Gasteiger partial charge in [-0.1, -0.05) is 30.3 Å². The average molecular weight is 482 g/mol. The Morgan fingerprint density at radius 2 is 1.71 bits per heavy atom. The van der Waals surface area contributed by atoms with E-state index in [-0.39, 0.29) is 23.0 Å². The molecule has 0 bridgehead atoms. The highest BCUT2D eigenvalue weighted by Crippen LogP contribution is 2.67. The van der Waals surface area contributed by atoms with Gasteiger partial charge >= 0.3 is 6.18 Å². The summed E-state index contributed by atoms with van der Waals surface area (Å²) in [4.78, 5) is 22.5. The number of alkyl halides is 3. The number of halogens is 3. The van der Waals surface area contributed by atoms with Crippen LogP contribution in [0.3, 0.4) is 0 Å². The predicted molar refractivity (Wildman–Crippen MR) is 120 cm³/mol. The van der Waals surface area contributed by atoms with Crippen LogP contribution in [0, 0.1) is 5.41 Å². The summed E-state index contributed by atoms with van der Waals surface area (Å²) in [5.41, 5.74) is 6.98. The Bertz CT molecular complexity index is 1270. The molecule has 2 fully saturated rings. The van der Waals surface area contributed by atoms with E-state index < -0.39 is 17.8 Å². The Morgan fingerprint density at radius 1 is 1.00 bits per heavy atom. The zero-order valence-electron chi connectivity index (χ0n) is 18.4. The minimum atomic E-state index is -4.45. The summed E-state index contributed by atoms with van der Waals surface area (Å²) in [6, 6.07) is 10.3. The molecule has 0 aliphatic heterocycles. The second kappa shape index (κ2) is 8.37. The van der Waals surface area contributed by atoms with Gasteiger partial charge in [-0.3, -0.25) is 9.78 Å². The lowest BCUT2D eigenvalue weighted by molar-refractivity contribution is -0.141. The van der Waals surface area contributed by atoms with Crippen molar-refractivity contribution in [2.24, 2.45) is 11.1 Å². The summed E-state index contributed by atoms with van der Waals surface area (Å²) >= 11 is 0. The molecule has 2 aliphatic rings. The summed E-state index contributed by atoms with van der Waals surface area (Å²) in [7, 11) is 0. The van der Waals surface area contributed by atoms with Crippen LogP contribution < -0.4 is 10.5 Å². The van der Waals surface area contributed by atoms with Crippen molar-refractivity contribution in [1.29, 1.82) is 0 Å². The van der Waals surface area contributed by atoms with Crippen LogP contribution in [-0.4, -0.2) is 32.1 Å². The van der Waals surface area contributed by atoms with E-state index in [1.807, 2.05) is 24.3 Å². The number of carbonyl (C=O) groups excluding carboxylic acids is 1. The number of aliphatic hydroxyl groups excluding tert-OH is 1. The van der Waals surface area contributed by atoms with Gasteiger partial charge in [-0.2, -0.15) is 13.2 Å². The largest absolute Gasteiger partial charge is 0.505 e. The molecule has 1 unspecified atom stereocenters. The number of hydrogen-bond acceptors (Lipinski definition) is 6.